The predicted octanol–water partition coefficient (Wildman–Crippen LogP) is 3.20. The molecule has 0 radical (unpaired) electrons. The van der Waals surface area contributed by atoms with Crippen molar-refractivity contribution in [2.75, 3.05) is 19.5 Å². The highest BCUT2D eigenvalue weighted by atomic mass is 16.6. The number of fused-ring (bicyclic) bond motifs is 1. The van der Waals surface area contributed by atoms with E-state index >= 15 is 0 Å². The maximum Gasteiger partial charge on any atom is 0.417 e. The van der Waals surface area contributed by atoms with E-state index in [1.165, 1.54) is 0 Å². The van der Waals surface area contributed by atoms with Crippen LogP contribution in [0.25, 0.3) is 11.0 Å². The zero-order valence-corrected chi connectivity index (χ0v) is 13.6. The molecule has 0 atom stereocenters. The number of amides is 1. The van der Waals surface area contributed by atoms with Gasteiger partial charge in [0, 0.05) is 31.3 Å². The minimum atomic E-state index is -0.611. The topological polar surface area (TPSA) is 74.6 Å². The fraction of sp³-hybridized carbons (Fsp3) is 0.176. The molecule has 0 spiro atoms. The Kier molecular flexibility index (Phi) is 4.24. The zero-order valence-electron chi connectivity index (χ0n) is 13.6. The number of methoxy groups -OCH3 is 2. The molecular weight excluding hydrogens is 310 g/mol. The van der Waals surface area contributed by atoms with Crippen LogP contribution in [-0.4, -0.2) is 29.9 Å². The maximum atomic E-state index is 12.1. The van der Waals surface area contributed by atoms with Crippen molar-refractivity contribution in [2.45, 2.75) is 0 Å². The molecule has 0 unspecified atom stereocenters. The van der Waals surface area contributed by atoms with E-state index in [-0.39, 0.29) is 0 Å². The first-order chi connectivity index (χ1) is 11.6. The van der Waals surface area contributed by atoms with E-state index < -0.39 is 6.09 Å². The Balaban J connectivity index is 1.74. The molecule has 0 aliphatic rings. The van der Waals surface area contributed by atoms with E-state index in [1.807, 2.05) is 17.7 Å². The fourth-order valence-corrected chi connectivity index (χ4v) is 2.31. The van der Waals surface area contributed by atoms with Crippen molar-refractivity contribution in [3.8, 4) is 17.2 Å². The third-order valence-electron chi connectivity index (χ3n) is 3.51. The first-order valence-corrected chi connectivity index (χ1v) is 7.22. The predicted molar refractivity (Wildman–Crippen MR) is 89.9 cm³/mol. The molecule has 3 aromatic rings. The van der Waals surface area contributed by atoms with Gasteiger partial charge in [-0.2, -0.15) is 0 Å². The van der Waals surface area contributed by atoms with Crippen LogP contribution in [0, 0.1) is 0 Å². The summed E-state index contributed by atoms with van der Waals surface area (Å²) in [6.45, 7) is 0. The molecular formula is C17H17N3O4. The summed E-state index contributed by atoms with van der Waals surface area (Å²) in [5.41, 5.74) is 2.22. The van der Waals surface area contributed by atoms with Gasteiger partial charge in [-0.15, -0.1) is 0 Å². The molecule has 124 valence electrons. The highest BCUT2D eigenvalue weighted by Gasteiger charge is 2.09. The summed E-state index contributed by atoms with van der Waals surface area (Å²) in [5, 5.41) is 2.65. The van der Waals surface area contributed by atoms with Crippen molar-refractivity contribution in [3.63, 3.8) is 0 Å². The number of rotatable bonds is 4. The molecule has 1 amide bonds. The highest BCUT2D eigenvalue weighted by molar-refractivity contribution is 5.87. The molecule has 7 nitrogen and oxygen atoms in total. The lowest BCUT2D eigenvalue weighted by Crippen LogP contribution is -2.16. The lowest BCUT2D eigenvalue weighted by atomic mass is 10.3. The summed E-state index contributed by atoms with van der Waals surface area (Å²) in [6, 6.07) is 10.3. The quantitative estimate of drug-likeness (QED) is 0.796. The number of anilines is 1. The Morgan fingerprint density at radius 1 is 1.04 bits per heavy atom. The Labute approximate surface area is 138 Å². The van der Waals surface area contributed by atoms with E-state index in [0.717, 1.165) is 11.0 Å². The number of carbonyl (C=O) groups excluding carboxylic acids is 1. The van der Waals surface area contributed by atoms with Gasteiger partial charge in [0.15, 0.2) is 0 Å². The average molecular weight is 327 g/mol. The number of aromatic nitrogens is 2. The molecule has 1 aromatic heterocycles. The molecule has 7 heteroatoms. The standard InChI is InChI=1S/C17H17N3O4/c1-20-10-18-15-9-12(4-5-16(15)20)24-17(21)19-11-6-13(22-2)8-14(7-11)23-3/h4-10H,1-3H3,(H,19,21). The SMILES string of the molecule is COc1cc(NC(=O)Oc2ccc3c(c2)ncn3C)cc(OC)c1. The summed E-state index contributed by atoms with van der Waals surface area (Å²) in [4.78, 5) is 16.3. The van der Waals surface area contributed by atoms with Gasteiger partial charge in [-0.1, -0.05) is 0 Å². The van der Waals surface area contributed by atoms with Gasteiger partial charge in [0.05, 0.1) is 37.3 Å². The number of nitrogens with zero attached hydrogens (tertiary/aromatic N) is 2. The Morgan fingerprint density at radius 3 is 2.42 bits per heavy atom. The largest absolute Gasteiger partial charge is 0.497 e. The minimum Gasteiger partial charge on any atom is -0.497 e. The second kappa shape index (κ2) is 6.49. The van der Waals surface area contributed by atoms with E-state index in [1.54, 1.807) is 50.9 Å². The van der Waals surface area contributed by atoms with E-state index in [0.29, 0.717) is 22.9 Å². The van der Waals surface area contributed by atoms with Gasteiger partial charge >= 0.3 is 6.09 Å². The smallest absolute Gasteiger partial charge is 0.417 e. The Morgan fingerprint density at radius 2 is 1.75 bits per heavy atom. The van der Waals surface area contributed by atoms with Crippen molar-refractivity contribution in [1.82, 2.24) is 9.55 Å². The third kappa shape index (κ3) is 3.24. The van der Waals surface area contributed by atoms with E-state index in [9.17, 15) is 4.79 Å². The molecule has 0 saturated heterocycles. The van der Waals surface area contributed by atoms with Gasteiger partial charge in [0.25, 0.3) is 0 Å². The molecule has 1 N–H and O–H groups in total. The lowest BCUT2D eigenvalue weighted by molar-refractivity contribution is 0.215. The van der Waals surface area contributed by atoms with Gasteiger partial charge in [0.1, 0.15) is 17.2 Å². The van der Waals surface area contributed by atoms with Gasteiger partial charge in [-0.05, 0) is 12.1 Å². The van der Waals surface area contributed by atoms with Crippen LogP contribution in [-0.2, 0) is 7.05 Å². The first kappa shape index (κ1) is 15.7. The van der Waals surface area contributed by atoms with Crippen LogP contribution in [0.1, 0.15) is 0 Å². The lowest BCUT2D eigenvalue weighted by Gasteiger charge is -2.10. The number of imidazole rings is 1. The van der Waals surface area contributed by atoms with Gasteiger partial charge < -0.3 is 18.8 Å². The zero-order chi connectivity index (χ0) is 17.1. The number of benzene rings is 2. The van der Waals surface area contributed by atoms with Crippen LogP contribution in [0.15, 0.2) is 42.7 Å². The summed E-state index contributed by atoms with van der Waals surface area (Å²) >= 11 is 0. The van der Waals surface area contributed by atoms with Gasteiger partial charge in [-0.25, -0.2) is 9.78 Å². The molecule has 0 saturated carbocycles. The van der Waals surface area contributed by atoms with Crippen molar-refractivity contribution in [1.29, 1.82) is 0 Å². The molecule has 3 rings (SSSR count). The maximum absolute atomic E-state index is 12.1. The Hall–Kier alpha value is -3.22. The molecule has 0 aliphatic heterocycles. The summed E-state index contributed by atoms with van der Waals surface area (Å²) in [7, 11) is 4.98. The Bertz CT molecular complexity index is 866. The second-order valence-electron chi connectivity index (χ2n) is 5.12. The van der Waals surface area contributed by atoms with Crippen LogP contribution in [0.5, 0.6) is 17.2 Å². The van der Waals surface area contributed by atoms with Crippen LogP contribution in [0.3, 0.4) is 0 Å². The molecule has 0 fully saturated rings. The van der Waals surface area contributed by atoms with Crippen LogP contribution in [0.2, 0.25) is 0 Å². The van der Waals surface area contributed by atoms with Crippen LogP contribution < -0.4 is 19.5 Å². The van der Waals surface area contributed by atoms with Gasteiger partial charge in [-0.3, -0.25) is 5.32 Å². The number of hydrogen-bond acceptors (Lipinski definition) is 5. The average Bonchev–Trinajstić information content (AvgIpc) is 2.94. The van der Waals surface area contributed by atoms with Crippen LogP contribution in [0.4, 0.5) is 10.5 Å². The highest BCUT2D eigenvalue weighted by Crippen LogP contribution is 2.26. The summed E-state index contributed by atoms with van der Waals surface area (Å²) in [5.74, 6) is 1.55. The van der Waals surface area contributed by atoms with Crippen molar-refractivity contribution >= 4 is 22.8 Å². The van der Waals surface area contributed by atoms with E-state index in [2.05, 4.69) is 10.3 Å². The number of nitrogens with one attached hydrogen (secondary N) is 1. The number of carbonyl (C=O) groups is 1. The van der Waals surface area contributed by atoms with Crippen LogP contribution >= 0.6 is 0 Å². The molecule has 0 bridgehead atoms. The van der Waals surface area contributed by atoms with Crippen molar-refractivity contribution in [3.05, 3.63) is 42.7 Å². The van der Waals surface area contributed by atoms with Gasteiger partial charge in [0.2, 0.25) is 0 Å². The van der Waals surface area contributed by atoms with Crippen molar-refractivity contribution < 1.29 is 19.0 Å². The molecule has 0 aliphatic carbocycles. The van der Waals surface area contributed by atoms with E-state index in [4.69, 9.17) is 14.2 Å². The molecule has 24 heavy (non-hydrogen) atoms. The molecule has 1 heterocycles. The third-order valence-corrected chi connectivity index (χ3v) is 3.51. The summed E-state index contributed by atoms with van der Waals surface area (Å²) in [6.07, 6.45) is 1.09. The molecule has 2 aromatic carbocycles. The monoisotopic (exact) mass is 327 g/mol. The summed E-state index contributed by atoms with van der Waals surface area (Å²) < 4.78 is 17.5. The first-order valence-electron chi connectivity index (χ1n) is 7.22. The van der Waals surface area contributed by atoms with Crippen molar-refractivity contribution in [2.24, 2.45) is 7.05 Å². The number of hydrogen-bond donors (Lipinski definition) is 1. The second-order valence-corrected chi connectivity index (χ2v) is 5.12. The normalized spacial score (nSPS) is 10.5. The minimum absolute atomic E-state index is 0.411. The number of aryl methyl sites for hydroxylation is 1. The number of ether oxygens (including phenoxy) is 3. The fourth-order valence-electron chi connectivity index (χ4n) is 2.31.